The van der Waals surface area contributed by atoms with Crippen molar-refractivity contribution in [2.24, 2.45) is 0 Å². The van der Waals surface area contributed by atoms with E-state index in [2.05, 4.69) is 118 Å². The fourth-order valence-electron chi connectivity index (χ4n) is 7.80. The van der Waals surface area contributed by atoms with Gasteiger partial charge in [0.05, 0.1) is 0 Å². The van der Waals surface area contributed by atoms with Gasteiger partial charge in [0.15, 0.2) is 6.10 Å². The molecule has 0 N–H and O–H groups in total. The van der Waals surface area contributed by atoms with Gasteiger partial charge in [-0.25, -0.2) is 0 Å². The van der Waals surface area contributed by atoms with Gasteiger partial charge in [0.2, 0.25) is 0 Å². The fourth-order valence-corrected chi connectivity index (χ4v) is 7.80. The third-order valence-corrected chi connectivity index (χ3v) is 12.1. The number of allylic oxidation sites excluding steroid dienone is 16. The van der Waals surface area contributed by atoms with Crippen LogP contribution in [0, 0.1) is 0 Å². The molecule has 0 radical (unpaired) electrons. The molecule has 0 rings (SSSR count). The largest absolute Gasteiger partial charge is 0.462 e. The van der Waals surface area contributed by atoms with E-state index in [0.29, 0.717) is 19.3 Å². The number of ether oxygens (including phenoxy) is 3. The van der Waals surface area contributed by atoms with Gasteiger partial charge in [-0.2, -0.15) is 0 Å². The minimum Gasteiger partial charge on any atom is -0.462 e. The van der Waals surface area contributed by atoms with E-state index in [1.54, 1.807) is 0 Å². The summed E-state index contributed by atoms with van der Waals surface area (Å²) < 4.78 is 16.9. The van der Waals surface area contributed by atoms with Crippen molar-refractivity contribution in [2.75, 3.05) is 13.2 Å². The molecule has 1 unspecified atom stereocenters. The Morgan fingerprint density at radius 3 is 0.899 bits per heavy atom. The quantitative estimate of drug-likeness (QED) is 0.0262. The van der Waals surface area contributed by atoms with Crippen LogP contribution in [0.2, 0.25) is 0 Å². The summed E-state index contributed by atoms with van der Waals surface area (Å²) in [5.74, 6) is -0.927. The van der Waals surface area contributed by atoms with E-state index in [1.807, 2.05) is 0 Å². The number of carbonyl (C=O) groups excluding carboxylic acids is 3. The molecule has 0 aromatic rings. The van der Waals surface area contributed by atoms with Crippen molar-refractivity contribution >= 4 is 17.9 Å². The second kappa shape index (κ2) is 56.9. The zero-order valence-corrected chi connectivity index (χ0v) is 45.0. The molecule has 0 bridgehead atoms. The van der Waals surface area contributed by atoms with Gasteiger partial charge in [-0.15, -0.1) is 0 Å². The standard InChI is InChI=1S/C63H106O6/c1-4-7-10-13-16-19-22-25-28-31-34-37-40-43-46-49-52-55-61(64)67-58-60(69-63(66)57-54-51-48-45-42-39-36-33-30-27-24-21-18-15-12-9-6-3)59-68-62(65)56-53-50-47-44-41-38-35-32-29-26-23-20-17-14-11-8-5-2/h7,9-10,12,16,18-19,21,25-30,34,37,60H,4-6,8,11,13-15,17,20,22-24,31-33,35-36,38-59H2,1-3H3/b10-7-,12-9-,19-16-,21-18-,28-25-,29-26-,30-27-,37-34-. The van der Waals surface area contributed by atoms with Crippen LogP contribution in [0.1, 0.15) is 265 Å². The Labute approximate surface area is 426 Å². The van der Waals surface area contributed by atoms with Crippen molar-refractivity contribution in [1.82, 2.24) is 0 Å². The summed E-state index contributed by atoms with van der Waals surface area (Å²) in [7, 11) is 0. The predicted molar refractivity (Wildman–Crippen MR) is 297 cm³/mol. The van der Waals surface area contributed by atoms with Crippen LogP contribution in [-0.2, 0) is 28.6 Å². The molecule has 0 aliphatic carbocycles. The monoisotopic (exact) mass is 959 g/mol. The van der Waals surface area contributed by atoms with Gasteiger partial charge in [-0.1, -0.05) is 227 Å². The molecular weight excluding hydrogens is 853 g/mol. The maximum absolute atomic E-state index is 12.9. The minimum absolute atomic E-state index is 0.0922. The summed E-state index contributed by atoms with van der Waals surface area (Å²) in [6.45, 7) is 6.39. The molecule has 0 saturated carbocycles. The first kappa shape index (κ1) is 65.3. The summed E-state index contributed by atoms with van der Waals surface area (Å²) in [5.41, 5.74) is 0. The van der Waals surface area contributed by atoms with Crippen LogP contribution in [-0.4, -0.2) is 37.2 Å². The molecular formula is C63H106O6. The van der Waals surface area contributed by atoms with Crippen molar-refractivity contribution in [1.29, 1.82) is 0 Å². The van der Waals surface area contributed by atoms with Crippen molar-refractivity contribution in [3.63, 3.8) is 0 Å². The van der Waals surface area contributed by atoms with Gasteiger partial charge >= 0.3 is 17.9 Å². The van der Waals surface area contributed by atoms with Crippen LogP contribution in [0.3, 0.4) is 0 Å². The second-order valence-corrected chi connectivity index (χ2v) is 18.8. The summed E-state index contributed by atoms with van der Waals surface area (Å²) in [5, 5.41) is 0. The maximum atomic E-state index is 12.9. The lowest BCUT2D eigenvalue weighted by Crippen LogP contribution is -2.30. The number of hydrogen-bond donors (Lipinski definition) is 0. The van der Waals surface area contributed by atoms with E-state index in [4.69, 9.17) is 14.2 Å². The van der Waals surface area contributed by atoms with Gasteiger partial charge in [-0.3, -0.25) is 14.4 Å². The summed E-state index contributed by atoms with van der Waals surface area (Å²) in [4.78, 5) is 38.2. The average Bonchev–Trinajstić information content (AvgIpc) is 3.35. The third-order valence-electron chi connectivity index (χ3n) is 12.1. The maximum Gasteiger partial charge on any atom is 0.306 e. The van der Waals surface area contributed by atoms with Crippen molar-refractivity contribution in [3.05, 3.63) is 97.2 Å². The third kappa shape index (κ3) is 55.1. The van der Waals surface area contributed by atoms with E-state index in [-0.39, 0.29) is 31.1 Å². The SMILES string of the molecule is CC/C=C\C/C=C\C/C=C\C/C=C\CCCCCCC(=O)OCC(COC(=O)CCCCCCCCC/C=C\CCCCCCCC)OC(=O)CCCCCCCCC/C=C\C/C=C\C/C=C\CC. The average molecular weight is 960 g/mol. The number of unbranched alkanes of at least 4 members (excludes halogenated alkanes) is 24. The second-order valence-electron chi connectivity index (χ2n) is 18.8. The number of esters is 3. The summed E-state index contributed by atoms with van der Waals surface area (Å²) in [6, 6.07) is 0. The molecule has 0 fully saturated rings. The molecule has 1 atom stereocenters. The highest BCUT2D eigenvalue weighted by molar-refractivity contribution is 5.71. The number of hydrogen-bond acceptors (Lipinski definition) is 6. The van der Waals surface area contributed by atoms with E-state index in [0.717, 1.165) is 122 Å². The lowest BCUT2D eigenvalue weighted by Gasteiger charge is -2.18. The van der Waals surface area contributed by atoms with Crippen molar-refractivity contribution in [2.45, 2.75) is 271 Å². The zero-order chi connectivity index (χ0) is 50.0. The molecule has 0 spiro atoms. The molecule has 0 amide bonds. The molecule has 6 nitrogen and oxygen atoms in total. The lowest BCUT2D eigenvalue weighted by molar-refractivity contribution is -0.167. The van der Waals surface area contributed by atoms with Gasteiger partial charge in [0.25, 0.3) is 0 Å². The van der Waals surface area contributed by atoms with Crippen LogP contribution >= 0.6 is 0 Å². The van der Waals surface area contributed by atoms with Gasteiger partial charge in [0.1, 0.15) is 13.2 Å². The van der Waals surface area contributed by atoms with E-state index < -0.39 is 6.10 Å². The van der Waals surface area contributed by atoms with Gasteiger partial charge in [0, 0.05) is 19.3 Å². The van der Waals surface area contributed by atoms with E-state index >= 15 is 0 Å². The van der Waals surface area contributed by atoms with Crippen LogP contribution in [0.25, 0.3) is 0 Å². The predicted octanol–water partition coefficient (Wildman–Crippen LogP) is 19.3. The highest BCUT2D eigenvalue weighted by atomic mass is 16.6. The Bertz CT molecular complexity index is 1380. The minimum atomic E-state index is -0.796. The van der Waals surface area contributed by atoms with Gasteiger partial charge < -0.3 is 14.2 Å². The van der Waals surface area contributed by atoms with Crippen molar-refractivity contribution in [3.8, 4) is 0 Å². The lowest BCUT2D eigenvalue weighted by atomic mass is 10.1. The molecule has 6 heteroatoms. The van der Waals surface area contributed by atoms with E-state index in [1.165, 1.54) is 103 Å². The molecule has 394 valence electrons. The molecule has 0 aromatic heterocycles. The molecule has 0 heterocycles. The first-order valence-electron chi connectivity index (χ1n) is 28.7. The Balaban J connectivity index is 4.45. The van der Waals surface area contributed by atoms with Gasteiger partial charge in [-0.05, 0) is 116 Å². The normalized spacial score (nSPS) is 12.8. The fraction of sp³-hybridized carbons (Fsp3) is 0.698. The molecule has 69 heavy (non-hydrogen) atoms. The molecule has 0 aliphatic heterocycles. The molecule has 0 aliphatic rings. The summed E-state index contributed by atoms with van der Waals surface area (Å²) >= 11 is 0. The van der Waals surface area contributed by atoms with Crippen LogP contribution in [0.4, 0.5) is 0 Å². The smallest absolute Gasteiger partial charge is 0.306 e. The van der Waals surface area contributed by atoms with Crippen LogP contribution < -0.4 is 0 Å². The Kier molecular flexibility index (Phi) is 53.9. The van der Waals surface area contributed by atoms with Crippen LogP contribution in [0.5, 0.6) is 0 Å². The van der Waals surface area contributed by atoms with E-state index in [9.17, 15) is 14.4 Å². The first-order chi connectivity index (χ1) is 34.0. The Morgan fingerprint density at radius 1 is 0.304 bits per heavy atom. The number of carbonyl (C=O) groups is 3. The van der Waals surface area contributed by atoms with Crippen molar-refractivity contribution < 1.29 is 28.6 Å². The Hall–Kier alpha value is -3.67. The molecule has 0 aromatic carbocycles. The zero-order valence-electron chi connectivity index (χ0n) is 45.0. The highest BCUT2D eigenvalue weighted by Gasteiger charge is 2.19. The van der Waals surface area contributed by atoms with Crippen LogP contribution in [0.15, 0.2) is 97.2 Å². The topological polar surface area (TPSA) is 78.9 Å². The summed E-state index contributed by atoms with van der Waals surface area (Å²) in [6.07, 6.45) is 75.3. The number of rotatable bonds is 51. The molecule has 0 saturated heterocycles. The first-order valence-corrected chi connectivity index (χ1v) is 28.7. The highest BCUT2D eigenvalue weighted by Crippen LogP contribution is 2.15. The Morgan fingerprint density at radius 2 is 0.565 bits per heavy atom.